The molecule has 0 bridgehead atoms. The largest absolute Gasteiger partial charge is 0.394 e. The van der Waals surface area contributed by atoms with Crippen molar-refractivity contribution < 1.29 is 97.0 Å². The third-order valence-electron chi connectivity index (χ3n) is 22.9. The van der Waals surface area contributed by atoms with Crippen LogP contribution in [-0.2, 0) is 66.4 Å². The molecule has 596 valence electrons. The van der Waals surface area contributed by atoms with E-state index in [0.717, 1.165) is 132 Å². The van der Waals surface area contributed by atoms with E-state index in [2.05, 4.69) is 33.8 Å². The number of hydrogen-bond donors (Lipinski definition) is 11. The number of ether oxygens (including phenoxy) is 13. The van der Waals surface area contributed by atoms with Gasteiger partial charge in [0.1, 0.15) is 85.0 Å². The van der Waals surface area contributed by atoms with Gasteiger partial charge in [0.2, 0.25) is 0 Å². The van der Waals surface area contributed by atoms with Crippen molar-refractivity contribution in [1.29, 1.82) is 0 Å². The van der Waals surface area contributed by atoms with E-state index >= 15 is 0 Å². The first kappa shape index (κ1) is 78.0. The molecule has 0 radical (unpaired) electrons. The van der Waals surface area contributed by atoms with Gasteiger partial charge in [-0.05, 0) is 64.2 Å². The van der Waals surface area contributed by atoms with Gasteiger partial charge in [-0.3, -0.25) is 71.7 Å². The predicted octanol–water partition coefficient (Wildman–Crippen LogP) is -3.16. The number of H-pyrrole nitrogens is 5. The number of nitrogens with one attached hydrogen (secondary N) is 5. The van der Waals surface area contributed by atoms with Crippen LogP contribution in [0.2, 0.25) is 0 Å². The maximum Gasteiger partial charge on any atom is 0.330 e. The average Bonchev–Trinajstić information content (AvgIpc) is 1.58. The molecule has 18 atom stereocenters. The molecule has 13 fully saturated rings. The molecule has 0 amide bonds. The monoisotopic (exact) mass is 1540 g/mol. The molecule has 4 aliphatic carbocycles. The number of aliphatic hydroxyl groups is 6. The molecule has 40 heteroatoms. The maximum absolute atomic E-state index is 12.2. The number of carbonyl (C=O) groups is 1. The first-order chi connectivity index (χ1) is 52.3. The zero-order chi connectivity index (χ0) is 77.1. The first-order valence-corrected chi connectivity index (χ1v) is 36.9. The summed E-state index contributed by atoms with van der Waals surface area (Å²) < 4.78 is 83.9. The lowest BCUT2D eigenvalue weighted by atomic mass is 9.90. The lowest BCUT2D eigenvalue weighted by Gasteiger charge is -2.34. The van der Waals surface area contributed by atoms with Crippen LogP contribution in [0.5, 0.6) is 0 Å². The number of nitrogens with zero attached hydrogens (tertiary/aromatic N) is 5. The molecule has 9 aliphatic heterocycles. The average molecular weight is 1540 g/mol. The van der Waals surface area contributed by atoms with Gasteiger partial charge in [-0.25, -0.2) is 24.0 Å². The van der Waals surface area contributed by atoms with E-state index in [0.29, 0.717) is 6.29 Å². The third-order valence-corrected chi connectivity index (χ3v) is 22.9. The molecule has 11 N–H and O–H groups in total. The number of carbonyl (C=O) groups excluding carboxylic acids is 1. The highest BCUT2D eigenvalue weighted by atomic mass is 16.8. The molecule has 18 rings (SSSR count). The Hall–Kier alpha value is -7.69. The van der Waals surface area contributed by atoms with Gasteiger partial charge < -0.3 is 97.0 Å². The third kappa shape index (κ3) is 14.6. The predicted molar refractivity (Wildman–Crippen MR) is 365 cm³/mol. The lowest BCUT2D eigenvalue weighted by molar-refractivity contribution is -0.245. The topological polar surface area (TPSA) is 533 Å². The van der Waals surface area contributed by atoms with Gasteiger partial charge >= 0.3 is 28.4 Å². The van der Waals surface area contributed by atoms with Crippen molar-refractivity contribution in [2.24, 2.45) is 0 Å². The Balaban J connectivity index is 0.000000114. The number of hydrogen-bond acceptors (Lipinski definition) is 30. The van der Waals surface area contributed by atoms with Crippen molar-refractivity contribution in [2.75, 3.05) is 26.4 Å². The maximum atomic E-state index is 12.2. The van der Waals surface area contributed by atoms with Crippen LogP contribution in [0.25, 0.3) is 0 Å². The molecule has 5 aromatic rings. The standard InChI is InChI=1S/C17H24N2O5.C15H20N2O7.C14H18N2O6.C14H16N2O6.C9H12N2O6/c1-3-16(4-2)13-12(22-17(23-13)8-5-6-9-17)14(24-16)19-10-7-11(20)18-15(19)21;18-7-14(8-19)11-10(22-15(23-11)4-1-2-5-15)12(24-14)17-6-3-9(20)16-13(17)21;2*17-7-8-10-11(22-14(21-10)4-1-2-5-14)12(20-8)16-6-3-9(18)15-13(16)19;12-3-4-6(14)7(15)8(17-4)11-2-1-5(13)10-9(11)16/h7,10,12-14H,3-6,8-9H2,1-2H3,(H,18,20,21);3,6,10-12,18-19H,1-2,4-5,7-8H2,(H,16,20,21);3,6,8,10-12,17H,1-2,4-5,7H2,(H,15,18,19);3,6-8,10-12H,1-2,4-5H2,(H,15,18,19);1-2,4,6-8,12,14-15H,3H2,(H,10,13,16)/t12-,13+,14-;10-,11+,12-;2*8-,10-,11-,12-;4-,6-,7-,8-/m11111/s1. The highest BCUT2D eigenvalue weighted by molar-refractivity contribution is 5.58. The Labute approximate surface area is 615 Å². The Morgan fingerprint density at radius 3 is 1.02 bits per heavy atom. The fourth-order valence-corrected chi connectivity index (χ4v) is 17.3. The Kier molecular flexibility index (Phi) is 22.3. The van der Waals surface area contributed by atoms with E-state index in [-0.39, 0.29) is 18.8 Å². The molecular weight excluding hydrogens is 1450 g/mol. The van der Waals surface area contributed by atoms with Crippen LogP contribution < -0.4 is 56.2 Å². The minimum atomic E-state index is -1.36. The molecule has 109 heavy (non-hydrogen) atoms. The molecule has 13 aliphatic rings. The Morgan fingerprint density at radius 1 is 0.367 bits per heavy atom. The molecule has 0 aromatic carbocycles. The molecule has 4 spiro atoms. The van der Waals surface area contributed by atoms with Crippen LogP contribution >= 0.6 is 0 Å². The van der Waals surface area contributed by atoms with E-state index in [1.807, 2.05) is 4.98 Å². The number of aromatic amines is 5. The summed E-state index contributed by atoms with van der Waals surface area (Å²) in [4.78, 5) is 138. The van der Waals surface area contributed by atoms with Gasteiger partial charge in [-0.2, -0.15) is 0 Å². The second kappa shape index (κ2) is 31.1. The van der Waals surface area contributed by atoms with Crippen LogP contribution in [0.3, 0.4) is 0 Å². The zero-order valence-electron chi connectivity index (χ0n) is 59.5. The second-order valence-corrected chi connectivity index (χ2v) is 29.4. The minimum Gasteiger partial charge on any atom is -0.394 e. The summed E-state index contributed by atoms with van der Waals surface area (Å²) in [6, 6.07) is 6.12. The summed E-state index contributed by atoms with van der Waals surface area (Å²) in [5, 5.41) is 57.2. The summed E-state index contributed by atoms with van der Waals surface area (Å²) in [6.45, 7) is 2.50. The number of aldehydes is 1. The Bertz CT molecular complexity index is 4580. The summed E-state index contributed by atoms with van der Waals surface area (Å²) >= 11 is 0. The normalized spacial score (nSPS) is 34.2. The van der Waals surface area contributed by atoms with Crippen LogP contribution in [-0.4, -0.2) is 225 Å². The number of fused-ring (bicyclic) bond motifs is 4. The van der Waals surface area contributed by atoms with Crippen molar-refractivity contribution >= 4 is 6.29 Å². The van der Waals surface area contributed by atoms with E-state index in [9.17, 15) is 78.3 Å². The summed E-state index contributed by atoms with van der Waals surface area (Å²) in [5.74, 6) is -2.56. The van der Waals surface area contributed by atoms with Crippen LogP contribution in [0.15, 0.2) is 109 Å². The van der Waals surface area contributed by atoms with Gasteiger partial charge in [0.25, 0.3) is 27.8 Å². The van der Waals surface area contributed by atoms with Gasteiger partial charge in [-0.15, -0.1) is 0 Å². The molecule has 0 unspecified atom stereocenters. The van der Waals surface area contributed by atoms with Crippen molar-refractivity contribution in [3.8, 4) is 0 Å². The van der Waals surface area contributed by atoms with Crippen LogP contribution in [0.4, 0.5) is 0 Å². The summed E-state index contributed by atoms with van der Waals surface area (Å²) in [5.41, 5.74) is -7.34. The van der Waals surface area contributed by atoms with Gasteiger partial charge in [0.15, 0.2) is 60.6 Å². The molecular formula is C69H90N10O30. The van der Waals surface area contributed by atoms with Crippen LogP contribution in [0, 0.1) is 0 Å². The highest BCUT2D eigenvalue weighted by Gasteiger charge is 2.68. The first-order valence-electron chi connectivity index (χ1n) is 36.9. The van der Waals surface area contributed by atoms with E-state index < -0.39 is 209 Å². The fraction of sp³-hybridized carbons (Fsp3) is 0.696. The van der Waals surface area contributed by atoms with Crippen molar-refractivity contribution in [3.63, 3.8) is 0 Å². The SMILES string of the molecule is CCC1(CC)O[C@@H](n2ccc(=O)[nH]c2=O)[C@@H]2OC3(CCCC3)O[C@@H]21.O=C[C@H]1O[C@@H](n2ccc(=O)[nH]c2=O)[C@@H]2OC3(CCCC3)O[C@@H]21.O=c1ccn([C@@H]2OC(CO)(CO)[C@H]3OC4(CCCC4)O[C@@H]23)c(=O)[nH]1.O=c1ccn([C@@H]2O[C@H](CO)[C@@H](O)[C@H]2O)c(=O)[nH]1.O=c1ccn([C@@H]2O[C@H](CO)[C@H]3OC4(CCCC4)O[C@H]32)c(=O)[nH]1. The summed E-state index contributed by atoms with van der Waals surface area (Å²) in [7, 11) is 0. The molecule has 5 aromatic heterocycles. The van der Waals surface area contributed by atoms with Crippen molar-refractivity contribution in [1.82, 2.24) is 47.8 Å². The quantitative estimate of drug-likeness (QED) is 0.0549. The Morgan fingerprint density at radius 2 is 0.670 bits per heavy atom. The molecule has 9 saturated heterocycles. The summed E-state index contributed by atoms with van der Waals surface area (Å²) in [6.07, 6.45) is 10.6. The highest BCUT2D eigenvalue weighted by Crippen LogP contribution is 2.56. The molecule has 14 heterocycles. The van der Waals surface area contributed by atoms with Gasteiger partial charge in [0, 0.05) is 113 Å². The van der Waals surface area contributed by atoms with Gasteiger partial charge in [-0.1, -0.05) is 13.8 Å². The van der Waals surface area contributed by atoms with Gasteiger partial charge in [0.05, 0.1) is 32.0 Å². The van der Waals surface area contributed by atoms with Crippen molar-refractivity contribution in [3.05, 3.63) is 166 Å². The number of rotatable bonds is 12. The second-order valence-electron chi connectivity index (χ2n) is 29.4. The smallest absolute Gasteiger partial charge is 0.330 e. The van der Waals surface area contributed by atoms with Crippen molar-refractivity contribution in [2.45, 2.75) is 274 Å². The van der Waals surface area contributed by atoms with E-state index in [4.69, 9.17) is 66.7 Å². The minimum absolute atomic E-state index is 0.200. The van der Waals surface area contributed by atoms with E-state index in [1.54, 1.807) is 0 Å². The zero-order valence-corrected chi connectivity index (χ0v) is 59.5. The molecule has 40 nitrogen and oxygen atoms in total. The fourth-order valence-electron chi connectivity index (χ4n) is 17.3. The molecule has 4 saturated carbocycles. The lowest BCUT2D eigenvalue weighted by Crippen LogP contribution is -2.49. The van der Waals surface area contributed by atoms with Crippen LogP contribution in [0.1, 0.15) is 161 Å². The number of aliphatic hydroxyl groups excluding tert-OH is 6. The number of aromatic nitrogens is 10. The van der Waals surface area contributed by atoms with E-state index in [1.165, 1.54) is 67.3 Å².